The summed E-state index contributed by atoms with van der Waals surface area (Å²) in [5.74, 6) is -7.42. The monoisotopic (exact) mass is 1380 g/mol. The molecular weight excluding hydrogens is 1300 g/mol. The molecule has 10 rings (SSSR count). The van der Waals surface area contributed by atoms with E-state index >= 15 is 4.39 Å². The lowest BCUT2D eigenvalue weighted by atomic mass is 9.81. The number of amides is 9. The van der Waals surface area contributed by atoms with E-state index in [9.17, 15) is 78.3 Å². The average molecular weight is 1380 g/mol. The first kappa shape index (κ1) is 72.0. The lowest BCUT2D eigenvalue weighted by molar-refractivity contribution is -0.227. The first-order valence-electron chi connectivity index (χ1n) is 32.6. The Kier molecular flexibility index (Phi) is 23.1. The van der Waals surface area contributed by atoms with Crippen LogP contribution in [0.3, 0.4) is 0 Å². The molecule has 0 unspecified atom stereocenters. The van der Waals surface area contributed by atoms with Crippen molar-refractivity contribution in [3.63, 3.8) is 0 Å². The number of aliphatic hydroxyl groups is 5. The van der Waals surface area contributed by atoms with E-state index in [1.165, 1.54) is 10.6 Å². The van der Waals surface area contributed by atoms with Crippen LogP contribution in [0.25, 0.3) is 22.3 Å². The van der Waals surface area contributed by atoms with Gasteiger partial charge < -0.3 is 81.5 Å². The van der Waals surface area contributed by atoms with Crippen LogP contribution in [0.1, 0.15) is 109 Å². The second-order valence-electron chi connectivity index (χ2n) is 24.8. The summed E-state index contributed by atoms with van der Waals surface area (Å²) in [6.45, 7) is 0.132. The van der Waals surface area contributed by atoms with Gasteiger partial charge in [0.25, 0.3) is 17.4 Å². The summed E-state index contributed by atoms with van der Waals surface area (Å²) in [5.41, 5.74) is 2.98. The van der Waals surface area contributed by atoms with Crippen molar-refractivity contribution in [1.29, 1.82) is 0 Å². The van der Waals surface area contributed by atoms with Crippen LogP contribution in [0.5, 0.6) is 0 Å². The van der Waals surface area contributed by atoms with Gasteiger partial charge in [-0.05, 0) is 73.8 Å². The fraction of sp³-hybridized carbons (Fsp3) is 0.485. The Morgan fingerprint density at radius 1 is 0.788 bits per heavy atom. The summed E-state index contributed by atoms with van der Waals surface area (Å²) in [6, 6.07) is 8.54. The molecule has 33 heteroatoms. The van der Waals surface area contributed by atoms with Gasteiger partial charge in [-0.2, -0.15) is 0 Å². The fourth-order valence-electron chi connectivity index (χ4n) is 12.8. The highest BCUT2D eigenvalue weighted by Gasteiger charge is 2.47. The maximum Gasteiger partial charge on any atom is 0.343 e. The Bertz CT molecular complexity index is 4030. The van der Waals surface area contributed by atoms with Crippen LogP contribution in [0.2, 0.25) is 0 Å². The van der Waals surface area contributed by atoms with Crippen LogP contribution in [0.15, 0.2) is 65.6 Å². The van der Waals surface area contributed by atoms with E-state index in [-0.39, 0.29) is 82.8 Å². The van der Waals surface area contributed by atoms with Crippen LogP contribution in [-0.2, 0) is 100 Å². The van der Waals surface area contributed by atoms with Gasteiger partial charge in [0.15, 0.2) is 5.60 Å². The Balaban J connectivity index is 0.683. The highest BCUT2D eigenvalue weighted by Crippen LogP contribution is 2.47. The summed E-state index contributed by atoms with van der Waals surface area (Å²) < 4.78 is 35.2. The Morgan fingerprint density at radius 3 is 2.21 bits per heavy atom. The van der Waals surface area contributed by atoms with E-state index in [1.807, 2.05) is 0 Å². The molecular formula is C66H78FN13O19. The van der Waals surface area contributed by atoms with Crippen molar-refractivity contribution < 1.29 is 92.1 Å². The van der Waals surface area contributed by atoms with E-state index in [0.717, 1.165) is 33.6 Å². The highest BCUT2D eigenvalue weighted by atomic mass is 19.1. The summed E-state index contributed by atoms with van der Waals surface area (Å²) >= 11 is 0. The molecule has 4 aliphatic heterocycles. The zero-order chi connectivity index (χ0) is 70.8. The van der Waals surface area contributed by atoms with Crippen molar-refractivity contribution in [1.82, 2.24) is 66.7 Å². The number of halogens is 1. The van der Waals surface area contributed by atoms with Crippen molar-refractivity contribution >= 4 is 70.0 Å². The molecule has 9 amide bonds. The first-order valence-corrected chi connectivity index (χ1v) is 32.6. The molecule has 0 saturated carbocycles. The van der Waals surface area contributed by atoms with Crippen molar-refractivity contribution in [2.24, 2.45) is 0 Å². The van der Waals surface area contributed by atoms with Gasteiger partial charge in [-0.1, -0.05) is 48.9 Å². The lowest BCUT2D eigenvalue weighted by Gasteiger charge is -2.40. The molecule has 9 atom stereocenters. The third kappa shape index (κ3) is 16.4. The number of aliphatic hydroxyl groups excluding tert-OH is 4. The number of aromatic nitrogens is 5. The topological polar surface area (TPSA) is 453 Å². The van der Waals surface area contributed by atoms with Crippen LogP contribution < -0.4 is 42.8 Å². The normalized spacial score (nSPS) is 21.0. The zero-order valence-corrected chi connectivity index (χ0v) is 54.3. The summed E-state index contributed by atoms with van der Waals surface area (Å²) in [4.78, 5) is 149. The van der Waals surface area contributed by atoms with Gasteiger partial charge in [0, 0.05) is 79.7 Å². The largest absolute Gasteiger partial charge is 0.458 e. The van der Waals surface area contributed by atoms with Crippen LogP contribution in [0, 0.1) is 12.7 Å². The maximum absolute atomic E-state index is 15.5. The van der Waals surface area contributed by atoms with Crippen molar-refractivity contribution in [3.05, 3.63) is 122 Å². The molecule has 1 saturated heterocycles. The number of pyridine rings is 2. The Labute approximate surface area is 564 Å². The molecule has 2 aromatic carbocycles. The lowest BCUT2D eigenvalue weighted by Crippen LogP contribution is -2.60. The minimum Gasteiger partial charge on any atom is -0.458 e. The number of esters is 1. The van der Waals surface area contributed by atoms with E-state index in [2.05, 4.69) is 47.5 Å². The first-order chi connectivity index (χ1) is 47.5. The smallest absolute Gasteiger partial charge is 0.343 e. The van der Waals surface area contributed by atoms with Gasteiger partial charge in [0.05, 0.1) is 73.6 Å². The van der Waals surface area contributed by atoms with Gasteiger partial charge >= 0.3 is 5.97 Å². The second kappa shape index (κ2) is 31.8. The third-order valence-electron chi connectivity index (χ3n) is 18.3. The van der Waals surface area contributed by atoms with Crippen molar-refractivity contribution in [3.8, 4) is 11.4 Å². The second-order valence-corrected chi connectivity index (χ2v) is 24.8. The van der Waals surface area contributed by atoms with Gasteiger partial charge in [0.1, 0.15) is 61.8 Å². The number of nitrogens with one attached hydrogen (secondary N) is 7. The van der Waals surface area contributed by atoms with E-state index in [4.69, 9.17) is 19.2 Å². The minimum absolute atomic E-state index is 0.0276. The quantitative estimate of drug-likeness (QED) is 0.00897. The number of hydrogen-bond donors (Lipinski definition) is 12. The van der Waals surface area contributed by atoms with Gasteiger partial charge in [-0.25, -0.2) is 18.9 Å². The number of rotatable bonds is 31. The zero-order valence-electron chi connectivity index (χ0n) is 54.3. The number of fused-ring (bicyclic) bond motifs is 5. The standard InChI is InChI=1S/C66H78FN13O19/c1-3-66(96)40-23-46-58-38(30-79(46)64(94)39(40)32-98-65(66)95)57-45(15-13-37-34(2)41(67)24-43(75-58)56(37)57)80-29-36(76-77-80)19-21-97-33-72-52(85)27-71-63(93)44(22-35-10-6-4-7-11-35)74-53(86)28-69-51(84)26-70-62(92)42(73-50(83)12-8-5-9-20-78-54(87)17-18-55(78)88)14-16-49(82)68-25-47-59(89)61(91)60(90)48(31-81)99-47/h4,6-7,10-11,17-18,23-24,29,42,44-45,47-48,59-61,81,89-91,96H,3,5,8-9,12-16,19-22,25-28,30-33H2,1-2H3,(H,68,82)(H,69,84)(H,70,92)(H,71,93)(H,72,85)(H,73,83)(H,74,86)/t42-,44-,45-,47-,48+,59-,60+,61+,66-/m0/s1. The average Bonchev–Trinajstić information content (AvgIpc) is 1.61. The molecule has 5 aromatic rings. The number of hydrogen-bond acceptors (Lipinski definition) is 22. The van der Waals surface area contributed by atoms with Crippen molar-refractivity contribution in [2.45, 2.75) is 152 Å². The predicted molar refractivity (Wildman–Crippen MR) is 342 cm³/mol. The molecule has 0 bridgehead atoms. The number of carbonyl (C=O) groups is 10. The van der Waals surface area contributed by atoms with Gasteiger partial charge in [-0.15, -0.1) is 5.10 Å². The highest BCUT2D eigenvalue weighted by molar-refractivity contribution is 6.12. The predicted octanol–water partition coefficient (Wildman–Crippen LogP) is -2.93. The van der Waals surface area contributed by atoms with E-state index in [0.29, 0.717) is 71.4 Å². The molecule has 99 heavy (non-hydrogen) atoms. The van der Waals surface area contributed by atoms with Crippen LogP contribution in [0.4, 0.5) is 4.39 Å². The van der Waals surface area contributed by atoms with Crippen molar-refractivity contribution in [2.75, 3.05) is 52.7 Å². The summed E-state index contributed by atoms with van der Waals surface area (Å²) in [6.07, 6.45) is -1.81. The maximum atomic E-state index is 15.5. The number of carbonyl (C=O) groups excluding carboxylic acids is 10. The van der Waals surface area contributed by atoms with Gasteiger partial charge in [0.2, 0.25) is 41.4 Å². The van der Waals surface area contributed by atoms with Crippen LogP contribution in [-0.4, -0.2) is 209 Å². The molecule has 7 heterocycles. The number of unbranched alkanes of at least 4 members (excludes halogenated alkanes) is 2. The molecule has 0 spiro atoms. The fourth-order valence-corrected chi connectivity index (χ4v) is 12.8. The molecule has 0 radical (unpaired) electrons. The molecule has 1 fully saturated rings. The summed E-state index contributed by atoms with van der Waals surface area (Å²) in [7, 11) is 0. The molecule has 528 valence electrons. The summed E-state index contributed by atoms with van der Waals surface area (Å²) in [5, 5.41) is 78.6. The number of nitrogens with zero attached hydrogens (tertiary/aromatic N) is 6. The number of aryl methyl sites for hydroxylation is 1. The SMILES string of the molecule is CC[C@@]1(O)C(=O)OCc2c1cc1n(c2=O)Cc2c-1nc1cc(F)c(C)c3c1c2[C@@H](n1cc(CCOCNC(=O)CNC(=O)[C@H](Cc2ccccc2)NC(=O)CNC(=O)CNC(=O)[C@H](CCC(=O)NC[C@@H]2O[C@H](CO)[C@@H](O)[C@H](O)[C@H]2O)NC(=O)CCCCCN2C(=O)C=CC2=O)nn1)CC3. The van der Waals surface area contributed by atoms with Gasteiger partial charge in [-0.3, -0.25) is 52.8 Å². The molecule has 12 N–H and O–H groups in total. The minimum atomic E-state index is -2.04. The Hall–Kier alpha value is -9.77. The number of cyclic esters (lactones) is 1. The van der Waals surface area contributed by atoms with E-state index in [1.54, 1.807) is 61.1 Å². The third-order valence-corrected chi connectivity index (χ3v) is 18.3. The Morgan fingerprint density at radius 2 is 1.48 bits per heavy atom. The molecule has 1 aliphatic carbocycles. The number of benzene rings is 2. The number of imide groups is 1. The molecule has 3 aromatic heterocycles. The molecule has 32 nitrogen and oxygen atoms in total. The number of ether oxygens (including phenoxy) is 3. The van der Waals surface area contributed by atoms with E-state index < -0.39 is 157 Å². The van der Waals surface area contributed by atoms with Crippen LogP contribution >= 0.6 is 0 Å². The molecule has 5 aliphatic rings.